The van der Waals surface area contributed by atoms with Crippen molar-refractivity contribution in [3.63, 3.8) is 0 Å². The van der Waals surface area contributed by atoms with Gasteiger partial charge in [-0.1, -0.05) is 0 Å². The number of imidazole rings is 1. The molecule has 0 aromatic carbocycles. The van der Waals surface area contributed by atoms with Crippen molar-refractivity contribution < 1.29 is 0 Å². The van der Waals surface area contributed by atoms with Gasteiger partial charge in [-0.25, -0.2) is 4.98 Å². The van der Waals surface area contributed by atoms with Crippen LogP contribution in [0.5, 0.6) is 0 Å². The molecule has 2 heterocycles. The van der Waals surface area contributed by atoms with E-state index in [1.165, 1.54) is 5.69 Å². The number of hydrogen-bond acceptors (Lipinski definition) is 3. The Hall–Kier alpha value is -0.870. The van der Waals surface area contributed by atoms with Crippen molar-refractivity contribution in [2.24, 2.45) is 0 Å². The van der Waals surface area contributed by atoms with E-state index in [9.17, 15) is 0 Å². The Morgan fingerprint density at radius 3 is 3.06 bits per heavy atom. The standard InChI is InChI=1S/C12H22N4/c1-10(2)16-9-13-6-12(16)8-15-5-4-14-11(3)7-15/h6,9-11,14H,4-5,7-8H2,1-3H3/t11-/m1/s1. The molecular formula is C12H22N4. The normalized spacial score (nSPS) is 22.9. The van der Waals surface area contributed by atoms with Crippen LogP contribution in [0.2, 0.25) is 0 Å². The summed E-state index contributed by atoms with van der Waals surface area (Å²) in [7, 11) is 0. The van der Waals surface area contributed by atoms with Crippen LogP contribution in [0.3, 0.4) is 0 Å². The summed E-state index contributed by atoms with van der Waals surface area (Å²) < 4.78 is 2.26. The molecule has 1 aliphatic heterocycles. The van der Waals surface area contributed by atoms with E-state index in [-0.39, 0.29) is 0 Å². The van der Waals surface area contributed by atoms with Gasteiger partial charge < -0.3 is 9.88 Å². The Bertz CT molecular complexity index is 332. The van der Waals surface area contributed by atoms with Gasteiger partial charge in [0.2, 0.25) is 0 Å². The van der Waals surface area contributed by atoms with Crippen LogP contribution in [-0.4, -0.2) is 40.1 Å². The number of nitrogens with zero attached hydrogens (tertiary/aromatic N) is 3. The van der Waals surface area contributed by atoms with E-state index in [1.54, 1.807) is 0 Å². The van der Waals surface area contributed by atoms with Crippen LogP contribution in [0.1, 0.15) is 32.5 Å². The van der Waals surface area contributed by atoms with E-state index in [0.29, 0.717) is 12.1 Å². The lowest BCUT2D eigenvalue weighted by Gasteiger charge is -2.32. The van der Waals surface area contributed by atoms with Crippen LogP contribution < -0.4 is 5.32 Å². The molecule has 4 heteroatoms. The predicted molar refractivity (Wildman–Crippen MR) is 65.4 cm³/mol. The van der Waals surface area contributed by atoms with E-state index >= 15 is 0 Å². The summed E-state index contributed by atoms with van der Waals surface area (Å²) in [5, 5.41) is 3.46. The molecule has 1 aromatic rings. The average Bonchev–Trinajstić information content (AvgIpc) is 2.66. The summed E-state index contributed by atoms with van der Waals surface area (Å²) in [6, 6.07) is 1.10. The minimum absolute atomic E-state index is 0.498. The zero-order valence-electron chi connectivity index (χ0n) is 10.5. The number of rotatable bonds is 3. The van der Waals surface area contributed by atoms with Gasteiger partial charge in [0.05, 0.1) is 12.0 Å². The first-order valence-corrected chi connectivity index (χ1v) is 6.13. The maximum absolute atomic E-state index is 4.25. The lowest BCUT2D eigenvalue weighted by atomic mass is 10.2. The molecule has 2 rings (SSSR count). The first kappa shape index (κ1) is 11.6. The van der Waals surface area contributed by atoms with Crippen LogP contribution in [0.4, 0.5) is 0 Å². The molecule has 0 spiro atoms. The minimum atomic E-state index is 0.498. The maximum atomic E-state index is 4.25. The van der Waals surface area contributed by atoms with Crippen LogP contribution in [-0.2, 0) is 6.54 Å². The van der Waals surface area contributed by atoms with Gasteiger partial charge in [-0.05, 0) is 20.8 Å². The Morgan fingerprint density at radius 1 is 1.56 bits per heavy atom. The molecular weight excluding hydrogens is 200 g/mol. The van der Waals surface area contributed by atoms with Gasteiger partial charge in [-0.15, -0.1) is 0 Å². The topological polar surface area (TPSA) is 33.1 Å². The fourth-order valence-corrected chi connectivity index (χ4v) is 2.30. The van der Waals surface area contributed by atoms with E-state index in [0.717, 1.165) is 26.2 Å². The summed E-state index contributed by atoms with van der Waals surface area (Å²) in [6.07, 6.45) is 3.93. The number of hydrogen-bond donors (Lipinski definition) is 1. The van der Waals surface area contributed by atoms with Crippen LogP contribution >= 0.6 is 0 Å². The number of piperazine rings is 1. The third kappa shape index (κ3) is 2.62. The highest BCUT2D eigenvalue weighted by molar-refractivity contribution is 5.00. The zero-order valence-corrected chi connectivity index (χ0v) is 10.5. The highest BCUT2D eigenvalue weighted by atomic mass is 15.2. The monoisotopic (exact) mass is 222 g/mol. The second-order valence-corrected chi connectivity index (χ2v) is 4.98. The molecule has 1 saturated heterocycles. The van der Waals surface area contributed by atoms with Crippen molar-refractivity contribution in [2.45, 2.75) is 39.4 Å². The predicted octanol–water partition coefficient (Wildman–Crippen LogP) is 1.26. The summed E-state index contributed by atoms with van der Waals surface area (Å²) in [6.45, 7) is 11.0. The average molecular weight is 222 g/mol. The summed E-state index contributed by atoms with van der Waals surface area (Å²) in [4.78, 5) is 6.75. The van der Waals surface area contributed by atoms with Gasteiger partial charge in [0.25, 0.3) is 0 Å². The molecule has 0 saturated carbocycles. The van der Waals surface area contributed by atoms with Crippen molar-refractivity contribution in [3.05, 3.63) is 18.2 Å². The van der Waals surface area contributed by atoms with Crippen LogP contribution in [0.25, 0.3) is 0 Å². The van der Waals surface area contributed by atoms with Crippen molar-refractivity contribution in [2.75, 3.05) is 19.6 Å². The lowest BCUT2D eigenvalue weighted by molar-refractivity contribution is 0.194. The fraction of sp³-hybridized carbons (Fsp3) is 0.750. The maximum Gasteiger partial charge on any atom is 0.0951 e. The summed E-state index contributed by atoms with van der Waals surface area (Å²) >= 11 is 0. The molecule has 16 heavy (non-hydrogen) atoms. The van der Waals surface area contributed by atoms with Gasteiger partial charge >= 0.3 is 0 Å². The molecule has 4 nitrogen and oxygen atoms in total. The van der Waals surface area contributed by atoms with Gasteiger partial charge in [0.15, 0.2) is 0 Å². The van der Waals surface area contributed by atoms with Crippen molar-refractivity contribution in [3.8, 4) is 0 Å². The molecule has 0 unspecified atom stereocenters. The molecule has 1 atom stereocenters. The molecule has 1 N–H and O–H groups in total. The molecule has 1 aromatic heterocycles. The smallest absolute Gasteiger partial charge is 0.0951 e. The van der Waals surface area contributed by atoms with Gasteiger partial charge in [-0.3, -0.25) is 4.90 Å². The van der Waals surface area contributed by atoms with Crippen molar-refractivity contribution in [1.82, 2.24) is 19.8 Å². The highest BCUT2D eigenvalue weighted by Gasteiger charge is 2.17. The molecule has 0 aliphatic carbocycles. The van der Waals surface area contributed by atoms with Gasteiger partial charge in [0.1, 0.15) is 0 Å². The molecule has 0 amide bonds. The molecule has 1 aliphatic rings. The fourth-order valence-electron chi connectivity index (χ4n) is 2.30. The first-order chi connectivity index (χ1) is 7.66. The van der Waals surface area contributed by atoms with Gasteiger partial charge in [0, 0.05) is 44.5 Å². The quantitative estimate of drug-likeness (QED) is 0.836. The number of nitrogens with one attached hydrogen (secondary N) is 1. The highest BCUT2D eigenvalue weighted by Crippen LogP contribution is 2.12. The third-order valence-electron chi connectivity index (χ3n) is 3.14. The molecule has 1 fully saturated rings. The largest absolute Gasteiger partial charge is 0.331 e. The Morgan fingerprint density at radius 2 is 2.38 bits per heavy atom. The van der Waals surface area contributed by atoms with E-state index < -0.39 is 0 Å². The zero-order chi connectivity index (χ0) is 11.5. The van der Waals surface area contributed by atoms with E-state index in [2.05, 4.69) is 40.5 Å². The van der Waals surface area contributed by atoms with Crippen molar-refractivity contribution >= 4 is 0 Å². The Labute approximate surface area is 97.7 Å². The van der Waals surface area contributed by atoms with Crippen LogP contribution in [0.15, 0.2) is 12.5 Å². The molecule has 0 radical (unpaired) electrons. The van der Waals surface area contributed by atoms with E-state index in [1.807, 2.05) is 12.5 Å². The van der Waals surface area contributed by atoms with E-state index in [4.69, 9.17) is 0 Å². The third-order valence-corrected chi connectivity index (χ3v) is 3.14. The molecule has 0 bridgehead atoms. The summed E-state index contributed by atoms with van der Waals surface area (Å²) in [5.74, 6) is 0. The number of aromatic nitrogens is 2. The van der Waals surface area contributed by atoms with Crippen molar-refractivity contribution in [1.29, 1.82) is 0 Å². The second-order valence-electron chi connectivity index (χ2n) is 4.98. The minimum Gasteiger partial charge on any atom is -0.331 e. The SMILES string of the molecule is CC(C)n1cncc1CN1CCN[C@H](C)C1. The lowest BCUT2D eigenvalue weighted by Crippen LogP contribution is -2.48. The van der Waals surface area contributed by atoms with Gasteiger partial charge in [-0.2, -0.15) is 0 Å². The molecule has 90 valence electrons. The summed E-state index contributed by atoms with van der Waals surface area (Å²) in [5.41, 5.74) is 1.32. The Kier molecular flexibility index (Phi) is 3.61. The second kappa shape index (κ2) is 4.97. The van der Waals surface area contributed by atoms with Crippen LogP contribution in [0, 0.1) is 0 Å². The Balaban J connectivity index is 2.00. The first-order valence-electron chi connectivity index (χ1n) is 6.13.